The van der Waals surface area contributed by atoms with Gasteiger partial charge in [0.15, 0.2) is 0 Å². The molecule has 2 aromatic rings. The van der Waals surface area contributed by atoms with Gasteiger partial charge < -0.3 is 0 Å². The summed E-state index contributed by atoms with van der Waals surface area (Å²) in [6.07, 6.45) is 0. The van der Waals surface area contributed by atoms with Crippen LogP contribution in [0.4, 0.5) is 11.4 Å². The van der Waals surface area contributed by atoms with E-state index in [9.17, 15) is 0 Å². The van der Waals surface area contributed by atoms with Crippen molar-refractivity contribution in [1.29, 1.82) is 0 Å². The monoisotopic (exact) mass is 512 g/mol. The minimum absolute atomic E-state index is 0.330. The maximum atomic E-state index is 5.99. The molecule has 0 saturated heterocycles. The summed E-state index contributed by atoms with van der Waals surface area (Å²) < 4.78 is 2.43. The third kappa shape index (κ3) is 3.84. The van der Waals surface area contributed by atoms with Crippen LogP contribution in [0, 0.1) is 0 Å². The number of nitrogen functional groups attached to an aromatic ring is 2. The Hall–Kier alpha value is 0.199. The van der Waals surface area contributed by atoms with E-state index in [1.165, 1.54) is 7.22 Å². The van der Waals surface area contributed by atoms with E-state index in [0.717, 1.165) is 21.4 Å². The molecule has 0 spiro atoms. The van der Waals surface area contributed by atoms with Crippen molar-refractivity contribution in [2.75, 3.05) is 11.5 Å². The van der Waals surface area contributed by atoms with Crippen LogP contribution >= 0.6 is 23.2 Å². The zero-order valence-corrected chi connectivity index (χ0v) is 15.4. The molecule has 0 atom stereocenters. The zero-order valence-electron chi connectivity index (χ0n) is 9.19. The van der Waals surface area contributed by atoms with Gasteiger partial charge in [-0.2, -0.15) is 0 Å². The van der Waals surface area contributed by atoms with Gasteiger partial charge in [0.25, 0.3) is 0 Å². The average molecular weight is 508 g/mol. The van der Waals surface area contributed by atoms with Crippen molar-refractivity contribution < 1.29 is 0 Å². The third-order valence-corrected chi connectivity index (χ3v) is 14.4. The van der Waals surface area contributed by atoms with Crippen LogP contribution in [-0.4, -0.2) is 34.1 Å². The fourth-order valence-electron chi connectivity index (χ4n) is 1.25. The molecule has 0 fully saturated rings. The summed E-state index contributed by atoms with van der Waals surface area (Å²) >= 11 is 11.3. The Bertz CT molecular complexity index is 524. The molecule has 0 aliphatic rings. The van der Waals surface area contributed by atoms with Gasteiger partial charge in [-0.1, -0.05) is 0 Å². The van der Waals surface area contributed by atoms with E-state index in [1.54, 1.807) is 0 Å². The van der Waals surface area contributed by atoms with E-state index in [4.69, 9.17) is 34.7 Å². The molecule has 0 aliphatic carbocycles. The summed E-state index contributed by atoms with van der Waals surface area (Å²) in [5, 5.41) is 1.49. The number of hydrogen-bond acceptors (Lipinski definition) is 2. The van der Waals surface area contributed by atoms with E-state index >= 15 is 0 Å². The van der Waals surface area contributed by atoms with Gasteiger partial charge in [-0.3, -0.25) is 0 Å². The van der Waals surface area contributed by atoms with Gasteiger partial charge in [-0.25, -0.2) is 0 Å². The van der Waals surface area contributed by atoms with E-state index in [0.29, 0.717) is 0 Å². The van der Waals surface area contributed by atoms with Crippen LogP contribution < -0.4 is 18.7 Å². The standard InChI is InChI=1S/C12H10Cl2N2Te2/c13-7-1-3-9(15)11(5-7)17-18-12-6-8(14)2-4-10(12)16/h1-6H,15-16H2. The number of rotatable bonds is 3. The first-order valence-corrected chi connectivity index (χ1v) is 15.4. The molecular formula is C12H10Cl2N2Te2. The molecule has 4 N–H and O–H groups in total. The van der Waals surface area contributed by atoms with Gasteiger partial charge in [-0.15, -0.1) is 0 Å². The Kier molecular flexibility index (Phi) is 5.34. The first-order chi connectivity index (χ1) is 8.56. The topological polar surface area (TPSA) is 52.0 Å². The van der Waals surface area contributed by atoms with Crippen LogP contribution in [0.3, 0.4) is 0 Å². The Morgan fingerprint density at radius 3 is 1.50 bits per heavy atom. The van der Waals surface area contributed by atoms with Crippen LogP contribution in [-0.2, 0) is 0 Å². The molecule has 0 amide bonds. The van der Waals surface area contributed by atoms with Crippen molar-refractivity contribution in [1.82, 2.24) is 0 Å². The average Bonchev–Trinajstić information content (AvgIpc) is 2.34. The predicted molar refractivity (Wildman–Crippen MR) is 82.5 cm³/mol. The van der Waals surface area contributed by atoms with Crippen molar-refractivity contribution in [3.8, 4) is 0 Å². The normalized spacial score (nSPS) is 10.6. The molecule has 0 saturated carbocycles. The molecule has 6 heteroatoms. The minimum atomic E-state index is -0.330. The van der Waals surface area contributed by atoms with Crippen LogP contribution in [0.25, 0.3) is 0 Å². The van der Waals surface area contributed by atoms with E-state index in [-0.39, 0.29) is 34.1 Å². The third-order valence-electron chi connectivity index (χ3n) is 2.17. The molecule has 0 bridgehead atoms. The Labute approximate surface area is 132 Å². The number of halogens is 2. The van der Waals surface area contributed by atoms with Crippen LogP contribution in [0.1, 0.15) is 0 Å². The molecule has 2 aromatic carbocycles. The molecule has 94 valence electrons. The fraction of sp³-hybridized carbons (Fsp3) is 0. The second-order valence-corrected chi connectivity index (χ2v) is 14.2. The zero-order chi connectivity index (χ0) is 13.1. The molecule has 0 radical (unpaired) electrons. The van der Waals surface area contributed by atoms with Gasteiger partial charge in [0.1, 0.15) is 0 Å². The van der Waals surface area contributed by atoms with E-state index in [1.807, 2.05) is 36.4 Å². The van der Waals surface area contributed by atoms with Crippen LogP contribution in [0.5, 0.6) is 0 Å². The van der Waals surface area contributed by atoms with E-state index < -0.39 is 0 Å². The molecule has 2 rings (SSSR count). The molecular weight excluding hydrogens is 498 g/mol. The molecule has 0 aliphatic heterocycles. The maximum absolute atomic E-state index is 5.99. The van der Waals surface area contributed by atoms with Gasteiger partial charge in [0, 0.05) is 0 Å². The van der Waals surface area contributed by atoms with Crippen molar-refractivity contribution >= 4 is 75.9 Å². The van der Waals surface area contributed by atoms with Crippen molar-refractivity contribution in [2.24, 2.45) is 0 Å². The summed E-state index contributed by atoms with van der Waals surface area (Å²) in [4.78, 5) is 0. The summed E-state index contributed by atoms with van der Waals surface area (Å²) in [6.45, 7) is 0. The van der Waals surface area contributed by atoms with Crippen LogP contribution in [0.2, 0.25) is 10.0 Å². The SMILES string of the molecule is Nc1ccc(Cl)cc1[Te][Te]c1cc(Cl)ccc1N. The van der Waals surface area contributed by atoms with Gasteiger partial charge in [-0.05, 0) is 0 Å². The molecule has 0 aromatic heterocycles. The van der Waals surface area contributed by atoms with Crippen molar-refractivity contribution in [3.63, 3.8) is 0 Å². The first kappa shape index (κ1) is 14.6. The second-order valence-electron chi connectivity index (χ2n) is 3.53. The molecule has 0 heterocycles. The second kappa shape index (κ2) is 6.58. The molecule has 18 heavy (non-hydrogen) atoms. The Balaban J connectivity index is 2.16. The van der Waals surface area contributed by atoms with Gasteiger partial charge in [0.05, 0.1) is 0 Å². The van der Waals surface area contributed by atoms with Crippen molar-refractivity contribution in [3.05, 3.63) is 46.4 Å². The Morgan fingerprint density at radius 1 is 0.722 bits per heavy atom. The molecule has 2 nitrogen and oxygen atoms in total. The quantitative estimate of drug-likeness (QED) is 0.487. The fourth-order valence-corrected chi connectivity index (χ4v) is 13.4. The van der Waals surface area contributed by atoms with Crippen molar-refractivity contribution in [2.45, 2.75) is 0 Å². The number of nitrogens with two attached hydrogens (primary N) is 2. The first-order valence-electron chi connectivity index (χ1n) is 5.01. The summed E-state index contributed by atoms with van der Waals surface area (Å²) in [5.41, 5.74) is 13.6. The summed E-state index contributed by atoms with van der Waals surface area (Å²) in [5.74, 6) is 0. The number of anilines is 2. The number of hydrogen-bond donors (Lipinski definition) is 2. The molecule has 0 unspecified atom stereocenters. The Morgan fingerprint density at radius 2 is 1.11 bits per heavy atom. The van der Waals surface area contributed by atoms with E-state index in [2.05, 4.69) is 0 Å². The summed E-state index contributed by atoms with van der Waals surface area (Å²) in [7, 11) is 0. The van der Waals surface area contributed by atoms with Gasteiger partial charge >= 0.3 is 134 Å². The van der Waals surface area contributed by atoms with Crippen LogP contribution in [0.15, 0.2) is 36.4 Å². The number of benzene rings is 2. The van der Waals surface area contributed by atoms with Gasteiger partial charge in [0.2, 0.25) is 0 Å². The predicted octanol–water partition coefficient (Wildman–Crippen LogP) is 1.43. The summed E-state index contributed by atoms with van der Waals surface area (Å²) in [6, 6.07) is 11.3.